The Labute approximate surface area is 518 Å². The molecule has 504 valence electrons. The summed E-state index contributed by atoms with van der Waals surface area (Å²) < 4.78 is 10.9. The van der Waals surface area contributed by atoms with Gasteiger partial charge in [0, 0.05) is 52.4 Å². The van der Waals surface area contributed by atoms with E-state index in [4.69, 9.17) is 26.4 Å². The zero-order chi connectivity index (χ0) is 65.8. The Bertz CT molecular complexity index is 2320. The lowest BCUT2D eigenvalue weighted by Crippen LogP contribution is -2.59. The van der Waals surface area contributed by atoms with Crippen molar-refractivity contribution >= 4 is 71.1 Å². The van der Waals surface area contributed by atoms with Gasteiger partial charge in [0.05, 0.1) is 45.4 Å². The molecule has 0 spiro atoms. The number of nitrogens with two attached hydrogens (primary N) is 2. The largest absolute Gasteiger partial charge is 0.481 e. The molecule has 1 aromatic heterocycles. The molecule has 1 aliphatic rings. The van der Waals surface area contributed by atoms with Gasteiger partial charge in [0.25, 0.3) is 0 Å². The maximum atomic E-state index is 14.0. The number of hydrogen-bond donors (Lipinski definition) is 15. The molecular weight excluding hydrogens is 1170 g/mol. The number of aliphatic carboxylic acids is 3. The zero-order valence-corrected chi connectivity index (χ0v) is 51.4. The molecule has 33 heteroatoms. The monoisotopic (exact) mass is 1270 g/mol. The molecule has 6 atom stereocenters. The Morgan fingerprint density at radius 1 is 0.618 bits per heavy atom. The normalized spacial score (nSPS) is 15.0. The number of aromatic amines is 1. The van der Waals surface area contributed by atoms with Gasteiger partial charge in [-0.3, -0.25) is 63.0 Å². The van der Waals surface area contributed by atoms with Crippen molar-refractivity contribution in [1.82, 2.24) is 67.6 Å². The highest BCUT2D eigenvalue weighted by atomic mass is 16.5. The van der Waals surface area contributed by atoms with E-state index >= 15 is 0 Å². The van der Waals surface area contributed by atoms with Crippen molar-refractivity contribution in [3.05, 3.63) is 5.82 Å². The lowest BCUT2D eigenvalue weighted by atomic mass is 10.0. The van der Waals surface area contributed by atoms with Crippen molar-refractivity contribution in [2.75, 3.05) is 72.2 Å². The molecule has 89 heavy (non-hydrogen) atoms. The van der Waals surface area contributed by atoms with Crippen LogP contribution in [0.3, 0.4) is 0 Å². The average Bonchev–Trinajstić information content (AvgIpc) is 3.38. The number of aromatic nitrogens is 4. The Hall–Kier alpha value is -7.65. The van der Waals surface area contributed by atoms with Gasteiger partial charge in [-0.05, 0) is 81.2 Å². The van der Waals surface area contributed by atoms with Gasteiger partial charge >= 0.3 is 17.9 Å². The summed E-state index contributed by atoms with van der Waals surface area (Å²) in [5.41, 5.74) is 11.0. The van der Waals surface area contributed by atoms with E-state index in [0.29, 0.717) is 19.4 Å². The molecule has 2 heterocycles. The number of aliphatic hydroxyl groups is 1. The number of carboxylic acid groups (broad SMARTS) is 3. The molecule has 0 unspecified atom stereocenters. The minimum atomic E-state index is -1.89. The fraction of sp³-hybridized carbons (Fsp3) is 0.768. The third-order valence-corrected chi connectivity index (χ3v) is 14.5. The molecule has 33 nitrogen and oxygen atoms in total. The zero-order valence-electron chi connectivity index (χ0n) is 51.4. The Kier molecular flexibility index (Phi) is 40.4. The Balaban J connectivity index is 1.83. The average molecular weight is 1270 g/mol. The van der Waals surface area contributed by atoms with Crippen LogP contribution in [-0.4, -0.2) is 231 Å². The lowest BCUT2D eigenvalue weighted by Gasteiger charge is -2.27. The number of carboxylic acids is 3. The quantitative estimate of drug-likeness (QED) is 0.0199. The minimum Gasteiger partial charge on any atom is -0.481 e. The summed E-state index contributed by atoms with van der Waals surface area (Å²) in [7, 11) is 0. The molecule has 0 bridgehead atoms. The number of tetrazole rings is 1. The lowest BCUT2D eigenvalue weighted by molar-refractivity contribution is -0.142. The summed E-state index contributed by atoms with van der Waals surface area (Å²) in [5.74, 6) is -9.69. The van der Waals surface area contributed by atoms with Crippen LogP contribution in [0.1, 0.15) is 167 Å². The van der Waals surface area contributed by atoms with Crippen LogP contribution in [0.25, 0.3) is 0 Å². The third kappa shape index (κ3) is 37.7. The number of rotatable bonds is 53. The van der Waals surface area contributed by atoms with Gasteiger partial charge in [-0.25, -0.2) is 5.10 Å². The molecule has 0 aliphatic carbocycles. The van der Waals surface area contributed by atoms with Gasteiger partial charge in [-0.1, -0.05) is 70.6 Å². The van der Waals surface area contributed by atoms with Crippen molar-refractivity contribution in [2.24, 2.45) is 11.5 Å². The van der Waals surface area contributed by atoms with E-state index in [9.17, 15) is 73.2 Å². The topological polar surface area (TPSA) is 508 Å². The number of amides is 8. The predicted octanol–water partition coefficient (Wildman–Crippen LogP) is -1.57. The van der Waals surface area contributed by atoms with Crippen molar-refractivity contribution in [1.29, 1.82) is 5.41 Å². The van der Waals surface area contributed by atoms with Gasteiger partial charge in [0.2, 0.25) is 47.3 Å². The van der Waals surface area contributed by atoms with Gasteiger partial charge in [0.1, 0.15) is 42.6 Å². The summed E-state index contributed by atoms with van der Waals surface area (Å²) in [4.78, 5) is 142. The molecular formula is C56H98N16O17. The molecule has 0 aromatic carbocycles. The number of ether oxygens (including phenoxy) is 2. The van der Waals surface area contributed by atoms with Gasteiger partial charge < -0.3 is 83.5 Å². The second-order valence-corrected chi connectivity index (χ2v) is 22.1. The summed E-state index contributed by atoms with van der Waals surface area (Å²) in [6, 6.07) is -7.41. The van der Waals surface area contributed by atoms with Crippen LogP contribution in [0, 0.1) is 5.41 Å². The van der Waals surface area contributed by atoms with E-state index in [2.05, 4.69) is 57.8 Å². The number of unbranched alkanes of at least 4 members (excludes halogenated alkanes) is 14. The van der Waals surface area contributed by atoms with E-state index in [1.54, 1.807) is 0 Å². The van der Waals surface area contributed by atoms with Crippen LogP contribution >= 0.6 is 0 Å². The van der Waals surface area contributed by atoms with Crippen molar-refractivity contribution in [2.45, 2.75) is 204 Å². The number of guanidine groups is 1. The number of carbonyl (C=O) groups excluding carboxylic acids is 8. The number of aliphatic hydroxyl groups excluding tert-OH is 1. The Morgan fingerprint density at radius 2 is 1.15 bits per heavy atom. The number of nitrogens with one attached hydrogen (secondary N) is 9. The highest BCUT2D eigenvalue weighted by Crippen LogP contribution is 2.19. The van der Waals surface area contributed by atoms with Gasteiger partial charge in [-0.15, -0.1) is 5.10 Å². The maximum Gasteiger partial charge on any atom is 0.317 e. The van der Waals surface area contributed by atoms with Crippen LogP contribution in [0.2, 0.25) is 0 Å². The number of aryl methyl sites for hydroxylation is 1. The number of H-pyrrole nitrogens is 1. The molecule has 0 saturated carbocycles. The summed E-state index contributed by atoms with van der Waals surface area (Å²) in [5, 5.41) is 77.6. The smallest absolute Gasteiger partial charge is 0.317 e. The number of nitrogens with zero attached hydrogens (tertiary/aromatic N) is 5. The number of likely N-dealkylation sites (tertiary alicyclic amines) is 1. The van der Waals surface area contributed by atoms with E-state index in [0.717, 1.165) is 47.7 Å². The number of primary amides is 1. The summed E-state index contributed by atoms with van der Waals surface area (Å²) in [6.45, 7) is 0.593. The van der Waals surface area contributed by atoms with Crippen LogP contribution in [0.15, 0.2) is 0 Å². The van der Waals surface area contributed by atoms with Crippen LogP contribution < -0.4 is 48.7 Å². The Morgan fingerprint density at radius 3 is 1.73 bits per heavy atom. The first-order valence-electron chi connectivity index (χ1n) is 30.9. The SMILES string of the molecule is CC(=O)N1C[C@H](O)C[C@H]1C(=O)N[C@@H](CCCNC(=N)N)C(=O)N[C@@H](CC(=O)O)C(=O)N[C@@H](CCCCN(CC(=O)O)CC(=O)O)C(=O)N[C@@H](CCCCNC(=O)COCCOCCNC(=O)CCCCCCCCCCCCCCCc1nnn[nH]1)C(N)=O. The molecule has 8 amide bonds. The number of carbonyl (C=O) groups is 11. The van der Waals surface area contributed by atoms with Gasteiger partial charge in [-0.2, -0.15) is 0 Å². The van der Waals surface area contributed by atoms with Crippen LogP contribution in [-0.2, 0) is 68.6 Å². The molecule has 1 aliphatic heterocycles. The molecule has 1 aromatic rings. The second kappa shape index (κ2) is 46.5. The highest BCUT2D eigenvalue weighted by Gasteiger charge is 2.39. The predicted molar refractivity (Wildman–Crippen MR) is 320 cm³/mol. The molecule has 1 saturated heterocycles. The number of hydrogen-bond acceptors (Lipinski definition) is 19. The maximum absolute atomic E-state index is 14.0. The molecule has 17 N–H and O–H groups in total. The fourth-order valence-corrected chi connectivity index (χ4v) is 9.81. The first-order valence-corrected chi connectivity index (χ1v) is 30.9. The van der Waals surface area contributed by atoms with Crippen LogP contribution in [0.5, 0.6) is 0 Å². The third-order valence-electron chi connectivity index (χ3n) is 14.5. The first-order chi connectivity index (χ1) is 42.6. The molecule has 1 fully saturated rings. The summed E-state index contributed by atoms with van der Waals surface area (Å²) >= 11 is 0. The van der Waals surface area contributed by atoms with Crippen molar-refractivity contribution in [3.63, 3.8) is 0 Å². The highest BCUT2D eigenvalue weighted by molar-refractivity contribution is 5.97. The standard InChI is InChI=1S/C56H98N16O17/c1-38(73)72-34-39(74)32-44(72)55(87)65-42(22-19-26-62-56(58)59)53(85)66-43(33-48(77)78)54(86)64-41(21-16-18-28-71(35-49(79)80)36-50(81)82)52(84)63-40(51(57)83)20-15-17-25-60-47(76)37-89-31-30-88-29-27-61-46(75)24-14-12-10-8-6-4-2-3-5-7-9-11-13-23-45-67-69-70-68-45/h39-44,74H,2-37H2,1H3,(H2,57,83)(H,60,76)(H,61,75)(H,63,84)(H,64,86)(H,65,87)(H,66,85)(H,77,78)(H,79,80)(H,81,82)(H4,58,59,62)(H,67,68,69,70)/t39-,40+,41+,42+,43+,44+/m1/s1. The van der Waals surface area contributed by atoms with Gasteiger partial charge in [0.15, 0.2) is 5.96 Å². The van der Waals surface area contributed by atoms with E-state index < -0.39 is 115 Å². The van der Waals surface area contributed by atoms with Crippen LogP contribution in [0.4, 0.5) is 0 Å². The molecule has 2 rings (SSSR count). The minimum absolute atomic E-state index is 0.0271. The number of β-amino-alcohol motifs (C(OH)–C–C–N with tert-alkyl or cyclic N) is 1. The second-order valence-electron chi connectivity index (χ2n) is 22.1. The van der Waals surface area contributed by atoms with Crippen molar-refractivity contribution in [3.8, 4) is 0 Å². The first kappa shape index (κ1) is 77.4. The van der Waals surface area contributed by atoms with Crippen molar-refractivity contribution < 1.29 is 82.6 Å². The van der Waals surface area contributed by atoms with E-state index in [1.807, 2.05) is 0 Å². The van der Waals surface area contributed by atoms with E-state index in [1.165, 1.54) is 64.7 Å². The van der Waals surface area contributed by atoms with E-state index in [-0.39, 0.29) is 116 Å². The summed E-state index contributed by atoms with van der Waals surface area (Å²) in [6.07, 6.45) is 14.7. The fourth-order valence-electron chi connectivity index (χ4n) is 9.81. The molecule has 0 radical (unpaired) electrons.